The zero-order valence-electron chi connectivity index (χ0n) is 12.2. The van der Waals surface area contributed by atoms with E-state index in [2.05, 4.69) is 0 Å². The molecule has 0 aliphatic carbocycles. The number of hydrogen-bond acceptors (Lipinski definition) is 4. The highest BCUT2D eigenvalue weighted by molar-refractivity contribution is 7.17. The summed E-state index contributed by atoms with van der Waals surface area (Å²) < 4.78 is 8.06. The van der Waals surface area contributed by atoms with Crippen molar-refractivity contribution in [1.29, 1.82) is 0 Å². The van der Waals surface area contributed by atoms with Crippen molar-refractivity contribution in [2.75, 3.05) is 6.61 Å². The van der Waals surface area contributed by atoms with E-state index in [1.54, 1.807) is 6.20 Å². The first-order chi connectivity index (χ1) is 10.6. The van der Waals surface area contributed by atoms with Crippen LogP contribution in [-0.2, 0) is 6.54 Å². The van der Waals surface area contributed by atoms with E-state index in [1.165, 1.54) is 15.9 Å². The predicted octanol–water partition coefficient (Wildman–Crippen LogP) is 2.81. The summed E-state index contributed by atoms with van der Waals surface area (Å²) >= 11 is 1.54. The quantitative estimate of drug-likeness (QED) is 0.787. The molecule has 2 aromatic heterocycles. The van der Waals surface area contributed by atoms with E-state index < -0.39 is 6.10 Å². The molecule has 22 heavy (non-hydrogen) atoms. The molecule has 5 heteroatoms. The number of rotatable bonds is 5. The molecule has 1 N–H and O–H groups in total. The second kappa shape index (κ2) is 6.34. The number of aliphatic hydroxyl groups excluding tert-OH is 1. The van der Waals surface area contributed by atoms with Gasteiger partial charge in [-0.25, -0.2) is 0 Å². The van der Waals surface area contributed by atoms with Crippen LogP contribution in [0.2, 0.25) is 0 Å². The van der Waals surface area contributed by atoms with E-state index >= 15 is 0 Å². The van der Waals surface area contributed by atoms with Crippen LogP contribution in [0.4, 0.5) is 0 Å². The Morgan fingerprint density at radius 2 is 2.18 bits per heavy atom. The molecule has 0 amide bonds. The zero-order chi connectivity index (χ0) is 15.5. The highest BCUT2D eigenvalue weighted by atomic mass is 32.1. The van der Waals surface area contributed by atoms with E-state index in [4.69, 9.17) is 4.74 Å². The second-order valence-corrected chi connectivity index (χ2v) is 6.20. The summed E-state index contributed by atoms with van der Waals surface area (Å²) in [6, 6.07) is 11.4. The van der Waals surface area contributed by atoms with Crippen molar-refractivity contribution in [2.45, 2.75) is 19.6 Å². The molecular formula is C17H17NO3S. The van der Waals surface area contributed by atoms with Crippen molar-refractivity contribution in [3.63, 3.8) is 0 Å². The van der Waals surface area contributed by atoms with Crippen LogP contribution in [0.3, 0.4) is 0 Å². The van der Waals surface area contributed by atoms with Crippen molar-refractivity contribution >= 4 is 21.4 Å². The Balaban J connectivity index is 1.66. The zero-order valence-corrected chi connectivity index (χ0v) is 13.0. The third-order valence-corrected chi connectivity index (χ3v) is 4.31. The van der Waals surface area contributed by atoms with Crippen LogP contribution in [-0.4, -0.2) is 22.4 Å². The Morgan fingerprint density at radius 1 is 1.32 bits per heavy atom. The molecule has 1 unspecified atom stereocenters. The predicted molar refractivity (Wildman–Crippen MR) is 88.8 cm³/mol. The summed E-state index contributed by atoms with van der Waals surface area (Å²) in [6.07, 6.45) is 0.978. The highest BCUT2D eigenvalue weighted by Gasteiger charge is 2.10. The average Bonchev–Trinajstić information content (AvgIpc) is 2.98. The molecule has 3 rings (SSSR count). The van der Waals surface area contributed by atoms with Gasteiger partial charge in [-0.1, -0.05) is 12.1 Å². The number of ether oxygens (including phenoxy) is 1. The number of nitrogens with zero attached hydrogens (tertiary/aromatic N) is 1. The van der Waals surface area contributed by atoms with Gasteiger partial charge in [0, 0.05) is 10.9 Å². The number of aromatic nitrogens is 1. The van der Waals surface area contributed by atoms with E-state index in [0.29, 0.717) is 5.39 Å². The van der Waals surface area contributed by atoms with Gasteiger partial charge >= 0.3 is 0 Å². The molecule has 3 aromatic rings. The molecule has 0 fully saturated rings. The fraction of sp³-hybridized carbons (Fsp3) is 0.235. The second-order valence-electron chi connectivity index (χ2n) is 5.25. The van der Waals surface area contributed by atoms with Gasteiger partial charge in [-0.05, 0) is 42.1 Å². The first-order valence-electron chi connectivity index (χ1n) is 7.07. The van der Waals surface area contributed by atoms with Gasteiger partial charge in [0.2, 0.25) is 0 Å². The minimum atomic E-state index is -0.741. The van der Waals surface area contributed by atoms with Crippen LogP contribution in [0.15, 0.2) is 52.8 Å². The van der Waals surface area contributed by atoms with Gasteiger partial charge in [-0.3, -0.25) is 4.79 Å². The Labute approximate surface area is 132 Å². The van der Waals surface area contributed by atoms with Crippen molar-refractivity contribution in [1.82, 2.24) is 4.57 Å². The van der Waals surface area contributed by atoms with Gasteiger partial charge in [0.05, 0.1) is 11.9 Å². The van der Waals surface area contributed by atoms with Gasteiger partial charge in [-0.15, -0.1) is 11.3 Å². The molecule has 0 radical (unpaired) electrons. The largest absolute Gasteiger partial charge is 0.491 e. The number of fused-ring (bicyclic) bond motifs is 1. The van der Waals surface area contributed by atoms with Crippen molar-refractivity contribution in [2.24, 2.45) is 0 Å². The van der Waals surface area contributed by atoms with E-state index in [1.807, 2.05) is 48.7 Å². The molecule has 0 spiro atoms. The maximum atomic E-state index is 12.3. The molecule has 1 aromatic carbocycles. The molecule has 1 atom stereocenters. The number of aliphatic hydroxyl groups is 1. The maximum Gasteiger partial charge on any atom is 0.259 e. The number of pyridine rings is 1. The first-order valence-corrected chi connectivity index (χ1v) is 7.95. The van der Waals surface area contributed by atoms with Crippen LogP contribution in [0.5, 0.6) is 5.75 Å². The molecule has 0 aliphatic heterocycles. The van der Waals surface area contributed by atoms with Gasteiger partial charge in [0.25, 0.3) is 5.56 Å². The highest BCUT2D eigenvalue weighted by Crippen LogP contribution is 2.16. The fourth-order valence-electron chi connectivity index (χ4n) is 2.33. The summed E-state index contributed by atoms with van der Waals surface area (Å²) in [5.74, 6) is 0.722. The number of thiophene rings is 1. The summed E-state index contributed by atoms with van der Waals surface area (Å²) in [7, 11) is 0. The van der Waals surface area contributed by atoms with E-state index in [-0.39, 0.29) is 18.7 Å². The van der Waals surface area contributed by atoms with Crippen LogP contribution in [0, 0.1) is 6.92 Å². The number of hydrogen-bond donors (Lipinski definition) is 1. The molecule has 0 saturated heterocycles. The van der Waals surface area contributed by atoms with Crippen LogP contribution >= 0.6 is 11.3 Å². The van der Waals surface area contributed by atoms with Gasteiger partial charge in [-0.2, -0.15) is 0 Å². The molecular weight excluding hydrogens is 298 g/mol. The van der Waals surface area contributed by atoms with E-state index in [9.17, 15) is 9.90 Å². The summed E-state index contributed by atoms with van der Waals surface area (Å²) in [4.78, 5) is 12.3. The van der Waals surface area contributed by atoms with Crippen molar-refractivity contribution in [3.8, 4) is 5.75 Å². The average molecular weight is 315 g/mol. The lowest BCUT2D eigenvalue weighted by Crippen LogP contribution is -2.29. The van der Waals surface area contributed by atoms with Gasteiger partial charge in [0.15, 0.2) is 0 Å². The lowest BCUT2D eigenvalue weighted by atomic mass is 10.2. The molecule has 0 saturated carbocycles. The number of aryl methyl sites for hydroxylation is 1. The summed E-state index contributed by atoms with van der Waals surface area (Å²) in [5, 5.41) is 12.7. The topological polar surface area (TPSA) is 51.5 Å². The van der Waals surface area contributed by atoms with Crippen LogP contribution < -0.4 is 10.3 Å². The van der Waals surface area contributed by atoms with Gasteiger partial charge < -0.3 is 14.4 Å². The normalized spacial score (nSPS) is 12.5. The Bertz CT molecular complexity index is 837. The van der Waals surface area contributed by atoms with E-state index in [0.717, 1.165) is 16.0 Å². The molecule has 0 bridgehead atoms. The minimum Gasteiger partial charge on any atom is -0.491 e. The smallest absolute Gasteiger partial charge is 0.259 e. The fourth-order valence-corrected chi connectivity index (χ4v) is 3.10. The summed E-state index contributed by atoms with van der Waals surface area (Å²) in [6.45, 7) is 2.35. The Morgan fingerprint density at radius 3 is 3.00 bits per heavy atom. The molecule has 2 heterocycles. The minimum absolute atomic E-state index is 0.0756. The maximum absolute atomic E-state index is 12.3. The SMILES string of the molecule is Cc1cccc(OCC(O)Cn2ccc3sccc3c2=O)c1. The standard InChI is InChI=1S/C17H17NO3S/c1-12-3-2-4-14(9-12)21-11-13(19)10-18-7-5-16-15(17(18)20)6-8-22-16/h2-9,13,19H,10-11H2,1H3. The Kier molecular flexibility index (Phi) is 4.27. The molecule has 114 valence electrons. The lowest BCUT2D eigenvalue weighted by Gasteiger charge is -2.14. The van der Waals surface area contributed by atoms with Crippen molar-refractivity contribution in [3.05, 3.63) is 63.9 Å². The third-order valence-electron chi connectivity index (χ3n) is 3.43. The lowest BCUT2D eigenvalue weighted by molar-refractivity contribution is 0.0917. The third kappa shape index (κ3) is 3.21. The van der Waals surface area contributed by atoms with Crippen LogP contribution in [0.1, 0.15) is 5.56 Å². The Hall–Kier alpha value is -2.11. The van der Waals surface area contributed by atoms with Gasteiger partial charge in [0.1, 0.15) is 18.5 Å². The monoisotopic (exact) mass is 315 g/mol. The van der Waals surface area contributed by atoms with Crippen molar-refractivity contribution < 1.29 is 9.84 Å². The number of benzene rings is 1. The first kappa shape index (κ1) is 14.8. The summed E-state index contributed by atoms with van der Waals surface area (Å²) in [5.41, 5.74) is 1.03. The van der Waals surface area contributed by atoms with Crippen LogP contribution in [0.25, 0.3) is 10.1 Å². The molecule has 4 nitrogen and oxygen atoms in total. The molecule has 0 aliphatic rings.